The van der Waals surface area contributed by atoms with E-state index in [1.807, 2.05) is 6.92 Å². The van der Waals surface area contributed by atoms with E-state index in [9.17, 15) is 19.5 Å². The number of carbonyl (C=O) groups excluding carboxylic acids is 2. The third-order valence-corrected chi connectivity index (χ3v) is 5.79. The number of nitrogens with zero attached hydrogens (tertiary/aromatic N) is 2. The van der Waals surface area contributed by atoms with E-state index in [2.05, 4.69) is 20.4 Å². The molecule has 160 valence electrons. The predicted molar refractivity (Wildman–Crippen MR) is 115 cm³/mol. The number of carbonyl (C=O) groups is 2. The molecule has 31 heavy (non-hydrogen) atoms. The van der Waals surface area contributed by atoms with Gasteiger partial charge >= 0.3 is 5.97 Å². The van der Waals surface area contributed by atoms with Gasteiger partial charge in [0.25, 0.3) is 5.56 Å². The largest absolute Gasteiger partial charge is 0.458 e. The zero-order valence-electron chi connectivity index (χ0n) is 18.0. The van der Waals surface area contributed by atoms with Crippen LogP contribution in [0.5, 0.6) is 0 Å². The van der Waals surface area contributed by atoms with Gasteiger partial charge in [-0.3, -0.25) is 9.59 Å². The van der Waals surface area contributed by atoms with Gasteiger partial charge in [0.15, 0.2) is 11.9 Å². The van der Waals surface area contributed by atoms with E-state index in [0.717, 1.165) is 16.3 Å². The van der Waals surface area contributed by atoms with Crippen molar-refractivity contribution in [2.45, 2.75) is 53.4 Å². The number of allylic oxidation sites excluding steroid dienone is 1. The molecular weight excluding hydrogens is 396 g/mol. The van der Waals surface area contributed by atoms with Gasteiger partial charge in [-0.15, -0.1) is 0 Å². The molecule has 1 aliphatic carbocycles. The van der Waals surface area contributed by atoms with Gasteiger partial charge in [-0.1, -0.05) is 26.8 Å². The number of rotatable bonds is 0. The number of Topliss-reactive ketones (excluding diaryl/α,β-unsaturated/α-hetero) is 1. The molecule has 1 unspecified atom stereocenters. The molecular formula is C24H24N2O5. The van der Waals surface area contributed by atoms with E-state index < -0.39 is 12.1 Å². The fourth-order valence-electron chi connectivity index (χ4n) is 4.29. The Kier molecular flexibility index (Phi) is 5.01. The van der Waals surface area contributed by atoms with Crippen LogP contribution in [0.15, 0.2) is 23.0 Å². The zero-order valence-corrected chi connectivity index (χ0v) is 18.0. The number of cyclic esters (lactones) is 1. The van der Waals surface area contributed by atoms with Gasteiger partial charge < -0.3 is 14.4 Å². The van der Waals surface area contributed by atoms with Gasteiger partial charge in [0.05, 0.1) is 28.8 Å². The minimum absolute atomic E-state index is 0.112. The highest BCUT2D eigenvalue weighted by Gasteiger charge is 2.34. The lowest BCUT2D eigenvalue weighted by Gasteiger charge is -2.21. The third kappa shape index (κ3) is 2.99. The predicted octanol–water partition coefficient (Wildman–Crippen LogP) is 1.18. The van der Waals surface area contributed by atoms with Gasteiger partial charge in [0.1, 0.15) is 6.61 Å². The number of ketones is 1. The molecule has 5 rings (SSSR count). The molecule has 0 fully saturated rings. The standard InChI is InChI=1S/C21H16N2O5.C3H8/c1-8-4-14-16(10(3)18(8)24)9(2)12-6-23-15(17(12)22-14)5-11-13(20(23)26)7-28-21(27)19(11)25;1-3-2/h4-5,19,25H,1,6-7H2,2-3H3;3H2,1-2H3. The Morgan fingerprint density at radius 2 is 1.90 bits per heavy atom. The monoisotopic (exact) mass is 420 g/mol. The lowest BCUT2D eigenvalue weighted by molar-refractivity contribution is -0.157. The van der Waals surface area contributed by atoms with E-state index in [-0.39, 0.29) is 29.1 Å². The molecule has 0 bridgehead atoms. The molecule has 0 saturated heterocycles. The van der Waals surface area contributed by atoms with Crippen LogP contribution in [0.4, 0.5) is 0 Å². The molecule has 7 heteroatoms. The highest BCUT2D eigenvalue weighted by molar-refractivity contribution is 6.27. The summed E-state index contributed by atoms with van der Waals surface area (Å²) in [6.45, 7) is 11.9. The molecule has 2 aliphatic heterocycles. The molecule has 0 aromatic carbocycles. The Balaban J connectivity index is 0.000000730. The van der Waals surface area contributed by atoms with Crippen molar-refractivity contribution in [3.63, 3.8) is 0 Å². The van der Waals surface area contributed by atoms with Gasteiger partial charge in [0, 0.05) is 27.5 Å². The van der Waals surface area contributed by atoms with E-state index in [1.54, 1.807) is 23.6 Å². The second-order valence-corrected chi connectivity index (χ2v) is 8.02. The van der Waals surface area contributed by atoms with Crippen molar-refractivity contribution >= 4 is 23.4 Å². The second-order valence-electron chi connectivity index (χ2n) is 8.02. The number of ether oxygens (including phenoxy) is 1. The van der Waals surface area contributed by atoms with Crippen molar-refractivity contribution in [2.75, 3.05) is 0 Å². The average molecular weight is 420 g/mol. The zero-order chi connectivity index (χ0) is 22.6. The summed E-state index contributed by atoms with van der Waals surface area (Å²) < 4.78 is 6.48. The smallest absolute Gasteiger partial charge is 0.340 e. The Labute approximate surface area is 179 Å². The molecule has 1 N–H and O–H groups in total. The van der Waals surface area contributed by atoms with Crippen molar-refractivity contribution < 1.29 is 19.4 Å². The van der Waals surface area contributed by atoms with Crippen molar-refractivity contribution in [3.05, 3.63) is 61.4 Å². The number of fused-ring (bicyclic) bond motifs is 5. The van der Waals surface area contributed by atoms with Crippen LogP contribution in [0.1, 0.15) is 55.5 Å². The first-order valence-electron chi connectivity index (χ1n) is 10.3. The van der Waals surface area contributed by atoms with Crippen molar-refractivity contribution in [1.82, 2.24) is 9.55 Å². The highest BCUT2D eigenvalue weighted by atomic mass is 16.5. The molecule has 4 heterocycles. The molecule has 3 aliphatic rings. The van der Waals surface area contributed by atoms with E-state index >= 15 is 0 Å². The summed E-state index contributed by atoms with van der Waals surface area (Å²) in [5.41, 5.74) is 4.12. The molecule has 1 atom stereocenters. The molecule has 0 saturated carbocycles. The summed E-state index contributed by atoms with van der Waals surface area (Å²) in [7, 11) is 0. The van der Waals surface area contributed by atoms with Crippen LogP contribution in [0.3, 0.4) is 0 Å². The number of pyridine rings is 2. The first kappa shape index (κ1) is 20.9. The summed E-state index contributed by atoms with van der Waals surface area (Å²) in [5, 5.41) is 11.6. The second kappa shape index (κ2) is 7.42. The average Bonchev–Trinajstić information content (AvgIpc) is 3.09. The van der Waals surface area contributed by atoms with Crippen LogP contribution in [-0.2, 0) is 27.5 Å². The van der Waals surface area contributed by atoms with Crippen LogP contribution in [-0.4, -0.2) is 26.4 Å². The normalized spacial score (nSPS) is 18.2. The molecule has 2 aromatic heterocycles. The fourth-order valence-corrected chi connectivity index (χ4v) is 4.29. The number of esters is 1. The van der Waals surface area contributed by atoms with E-state index in [1.165, 1.54) is 6.42 Å². The maximum atomic E-state index is 13.0. The summed E-state index contributed by atoms with van der Waals surface area (Å²) in [6.07, 6.45) is 1.42. The summed E-state index contributed by atoms with van der Waals surface area (Å²) in [5.74, 6) is -0.878. The Bertz CT molecular complexity index is 1360. The molecule has 0 amide bonds. The van der Waals surface area contributed by atoms with Gasteiger partial charge in [-0.25, -0.2) is 9.78 Å². The quantitative estimate of drug-likeness (QED) is 0.433. The lowest BCUT2D eigenvalue weighted by Crippen LogP contribution is -2.38. The minimum atomic E-state index is -1.48. The maximum absolute atomic E-state index is 13.0. The molecule has 2 aromatic rings. The van der Waals surface area contributed by atoms with Crippen LogP contribution in [0, 0.1) is 6.92 Å². The summed E-state index contributed by atoms with van der Waals surface area (Å²) in [4.78, 5) is 41.7. The van der Waals surface area contributed by atoms with Crippen LogP contribution < -0.4 is 16.1 Å². The number of hydrogen-bond donors (Lipinski definition) is 1. The maximum Gasteiger partial charge on any atom is 0.340 e. The third-order valence-electron chi connectivity index (χ3n) is 5.79. The van der Waals surface area contributed by atoms with E-state index in [4.69, 9.17) is 9.72 Å². The van der Waals surface area contributed by atoms with Gasteiger partial charge in [-0.05, 0) is 31.6 Å². The minimum Gasteiger partial charge on any atom is -0.458 e. The fraction of sp³-hybridized carbons (Fsp3) is 0.333. The van der Waals surface area contributed by atoms with Crippen LogP contribution >= 0.6 is 0 Å². The number of aliphatic hydroxyl groups excluding tert-OH is 1. The van der Waals surface area contributed by atoms with Crippen molar-refractivity contribution in [3.8, 4) is 11.4 Å². The summed E-state index contributed by atoms with van der Waals surface area (Å²) >= 11 is 0. The van der Waals surface area contributed by atoms with Gasteiger partial charge in [-0.2, -0.15) is 0 Å². The van der Waals surface area contributed by atoms with Crippen molar-refractivity contribution in [1.29, 1.82) is 0 Å². The first-order valence-corrected chi connectivity index (χ1v) is 10.3. The van der Waals surface area contributed by atoms with Crippen LogP contribution in [0.2, 0.25) is 0 Å². The number of aliphatic hydroxyl groups is 1. The van der Waals surface area contributed by atoms with Crippen LogP contribution in [0.25, 0.3) is 23.0 Å². The Morgan fingerprint density at radius 1 is 1.23 bits per heavy atom. The topological polar surface area (TPSA) is 98.5 Å². The first-order chi connectivity index (χ1) is 14.7. The molecule has 7 nitrogen and oxygen atoms in total. The van der Waals surface area contributed by atoms with Gasteiger partial charge in [0.2, 0.25) is 0 Å². The highest BCUT2D eigenvalue weighted by Crippen LogP contribution is 2.33. The number of hydrogen-bond acceptors (Lipinski definition) is 6. The molecule has 0 spiro atoms. The van der Waals surface area contributed by atoms with E-state index in [0.29, 0.717) is 34.4 Å². The van der Waals surface area contributed by atoms with Crippen molar-refractivity contribution in [2.24, 2.45) is 0 Å². The number of aromatic nitrogens is 2. The lowest BCUT2D eigenvalue weighted by atomic mass is 9.93. The molecule has 0 radical (unpaired) electrons. The SMILES string of the molecule is C=C1C=c2nc3c(c(C)c2=C(C)C1=O)Cn1c-3cc2c(c1=O)COC(=O)C2O.CCC. The summed E-state index contributed by atoms with van der Waals surface area (Å²) in [6, 6.07) is 1.64. The Morgan fingerprint density at radius 3 is 2.58 bits per heavy atom. The Hall–Kier alpha value is -3.32.